The van der Waals surface area contributed by atoms with Gasteiger partial charge in [0.15, 0.2) is 0 Å². The van der Waals surface area contributed by atoms with E-state index < -0.39 is 0 Å². The standard InChI is InChI=1S/C17H22BrN3/c1-6-12-7-9-13(10-8-12)21(5)15-11-14(18)19-16(20-15)17(2,3)4/h7-11H,6H2,1-5H3. The largest absolute Gasteiger partial charge is 0.329 e. The zero-order chi connectivity index (χ0) is 15.6. The van der Waals surface area contributed by atoms with Crippen LogP contribution in [0.1, 0.15) is 39.1 Å². The molecule has 0 aliphatic heterocycles. The average Bonchev–Trinajstić information content (AvgIpc) is 2.45. The molecule has 21 heavy (non-hydrogen) atoms. The predicted molar refractivity (Wildman–Crippen MR) is 92.3 cm³/mol. The van der Waals surface area contributed by atoms with E-state index in [1.165, 1.54) is 5.56 Å². The molecule has 0 unspecified atom stereocenters. The van der Waals surface area contributed by atoms with Gasteiger partial charge in [-0.05, 0) is 40.0 Å². The second kappa shape index (κ2) is 6.14. The number of benzene rings is 1. The molecule has 112 valence electrons. The summed E-state index contributed by atoms with van der Waals surface area (Å²) in [6.07, 6.45) is 1.05. The van der Waals surface area contributed by atoms with Crippen molar-refractivity contribution in [3.8, 4) is 0 Å². The van der Waals surface area contributed by atoms with Gasteiger partial charge in [-0.15, -0.1) is 0 Å². The second-order valence-electron chi connectivity index (χ2n) is 6.20. The summed E-state index contributed by atoms with van der Waals surface area (Å²) in [5.41, 5.74) is 2.38. The van der Waals surface area contributed by atoms with E-state index in [0.29, 0.717) is 0 Å². The van der Waals surface area contributed by atoms with Crippen LogP contribution in [-0.2, 0) is 11.8 Å². The zero-order valence-corrected chi connectivity index (χ0v) is 14.9. The first kappa shape index (κ1) is 16.0. The minimum Gasteiger partial charge on any atom is -0.329 e. The number of halogens is 1. The summed E-state index contributed by atoms with van der Waals surface area (Å²) in [7, 11) is 2.03. The Kier molecular flexibility index (Phi) is 4.67. The summed E-state index contributed by atoms with van der Waals surface area (Å²) in [5.74, 6) is 1.73. The van der Waals surface area contributed by atoms with Crippen LogP contribution >= 0.6 is 15.9 Å². The summed E-state index contributed by atoms with van der Waals surface area (Å²) in [6.45, 7) is 8.52. The molecule has 0 radical (unpaired) electrons. The Hall–Kier alpha value is -1.42. The smallest absolute Gasteiger partial charge is 0.137 e. The van der Waals surface area contributed by atoms with Crippen LogP contribution in [0.4, 0.5) is 11.5 Å². The Morgan fingerprint density at radius 2 is 1.71 bits per heavy atom. The minimum atomic E-state index is -0.0779. The molecular weight excluding hydrogens is 326 g/mol. The molecule has 1 aromatic carbocycles. The number of anilines is 2. The highest BCUT2D eigenvalue weighted by molar-refractivity contribution is 9.10. The van der Waals surface area contributed by atoms with Crippen LogP contribution in [-0.4, -0.2) is 17.0 Å². The summed E-state index contributed by atoms with van der Waals surface area (Å²) in [4.78, 5) is 11.3. The van der Waals surface area contributed by atoms with Crippen molar-refractivity contribution >= 4 is 27.4 Å². The fraction of sp³-hybridized carbons (Fsp3) is 0.412. The van der Waals surface area contributed by atoms with Crippen molar-refractivity contribution in [3.05, 3.63) is 46.3 Å². The molecule has 0 fully saturated rings. The Morgan fingerprint density at radius 3 is 2.24 bits per heavy atom. The van der Waals surface area contributed by atoms with E-state index in [1.807, 2.05) is 13.1 Å². The molecule has 0 amide bonds. The lowest BCUT2D eigenvalue weighted by molar-refractivity contribution is 0.543. The fourth-order valence-corrected chi connectivity index (χ4v) is 2.37. The second-order valence-corrected chi connectivity index (χ2v) is 7.01. The van der Waals surface area contributed by atoms with Gasteiger partial charge >= 0.3 is 0 Å². The van der Waals surface area contributed by atoms with E-state index in [4.69, 9.17) is 4.98 Å². The quantitative estimate of drug-likeness (QED) is 0.741. The maximum atomic E-state index is 4.71. The van der Waals surface area contributed by atoms with Crippen molar-refractivity contribution < 1.29 is 0 Å². The van der Waals surface area contributed by atoms with Crippen LogP contribution < -0.4 is 4.90 Å². The third kappa shape index (κ3) is 3.82. The highest BCUT2D eigenvalue weighted by Crippen LogP contribution is 2.27. The maximum Gasteiger partial charge on any atom is 0.137 e. The summed E-state index contributed by atoms with van der Waals surface area (Å²) < 4.78 is 0.814. The first-order valence-corrected chi connectivity index (χ1v) is 7.98. The van der Waals surface area contributed by atoms with Crippen LogP contribution in [0.5, 0.6) is 0 Å². The lowest BCUT2D eigenvalue weighted by Gasteiger charge is -2.22. The number of hydrogen-bond acceptors (Lipinski definition) is 3. The monoisotopic (exact) mass is 347 g/mol. The van der Waals surface area contributed by atoms with Crippen molar-refractivity contribution in [3.63, 3.8) is 0 Å². The van der Waals surface area contributed by atoms with E-state index in [9.17, 15) is 0 Å². The first-order valence-electron chi connectivity index (χ1n) is 7.19. The molecule has 2 aromatic rings. The van der Waals surface area contributed by atoms with Gasteiger partial charge in [0.1, 0.15) is 16.2 Å². The molecule has 2 rings (SSSR count). The van der Waals surface area contributed by atoms with Gasteiger partial charge < -0.3 is 4.90 Å². The van der Waals surface area contributed by atoms with Gasteiger partial charge in [-0.2, -0.15) is 0 Å². The molecule has 0 atom stereocenters. The molecule has 3 nitrogen and oxygen atoms in total. The summed E-state index contributed by atoms with van der Waals surface area (Å²) in [5, 5.41) is 0. The molecular formula is C17H22BrN3. The van der Waals surface area contributed by atoms with Crippen LogP contribution in [0.3, 0.4) is 0 Å². The number of hydrogen-bond donors (Lipinski definition) is 0. The van der Waals surface area contributed by atoms with Gasteiger partial charge in [0.25, 0.3) is 0 Å². The summed E-state index contributed by atoms with van der Waals surface area (Å²) >= 11 is 3.49. The molecule has 0 saturated heterocycles. The topological polar surface area (TPSA) is 29.0 Å². The van der Waals surface area contributed by atoms with E-state index in [-0.39, 0.29) is 5.41 Å². The highest BCUT2D eigenvalue weighted by Gasteiger charge is 2.20. The molecule has 0 aliphatic rings. The van der Waals surface area contributed by atoms with Crippen molar-refractivity contribution in [1.29, 1.82) is 0 Å². The lowest BCUT2D eigenvalue weighted by atomic mass is 9.96. The average molecular weight is 348 g/mol. The van der Waals surface area contributed by atoms with E-state index >= 15 is 0 Å². The number of aryl methyl sites for hydroxylation is 1. The van der Waals surface area contributed by atoms with Crippen LogP contribution in [0.2, 0.25) is 0 Å². The van der Waals surface area contributed by atoms with Crippen molar-refractivity contribution in [2.45, 2.75) is 39.5 Å². The SMILES string of the molecule is CCc1ccc(N(C)c2cc(Br)nc(C(C)(C)C)n2)cc1. The van der Waals surface area contributed by atoms with Crippen LogP contribution in [0.25, 0.3) is 0 Å². The van der Waals surface area contributed by atoms with Gasteiger partial charge in [-0.3, -0.25) is 0 Å². The third-order valence-corrected chi connectivity index (χ3v) is 3.83. The Labute approximate surface area is 135 Å². The maximum absolute atomic E-state index is 4.71. The molecule has 0 N–H and O–H groups in total. The highest BCUT2D eigenvalue weighted by atomic mass is 79.9. The van der Waals surface area contributed by atoms with Gasteiger partial charge in [-0.25, -0.2) is 9.97 Å². The van der Waals surface area contributed by atoms with E-state index in [0.717, 1.165) is 28.4 Å². The van der Waals surface area contributed by atoms with Gasteiger partial charge in [-0.1, -0.05) is 39.8 Å². The Morgan fingerprint density at radius 1 is 1.10 bits per heavy atom. The molecule has 0 aliphatic carbocycles. The first-order chi connectivity index (χ1) is 9.81. The van der Waals surface area contributed by atoms with Gasteiger partial charge in [0.05, 0.1) is 0 Å². The molecule has 4 heteroatoms. The normalized spacial score (nSPS) is 11.5. The van der Waals surface area contributed by atoms with Crippen molar-refractivity contribution in [2.24, 2.45) is 0 Å². The Balaban J connectivity index is 2.38. The van der Waals surface area contributed by atoms with E-state index in [1.54, 1.807) is 0 Å². The van der Waals surface area contributed by atoms with E-state index in [2.05, 4.69) is 77.8 Å². The molecule has 0 spiro atoms. The Bertz CT molecular complexity index is 615. The molecule has 1 aromatic heterocycles. The van der Waals surface area contributed by atoms with Crippen LogP contribution in [0.15, 0.2) is 34.9 Å². The summed E-state index contributed by atoms with van der Waals surface area (Å²) in [6, 6.07) is 10.5. The van der Waals surface area contributed by atoms with Crippen molar-refractivity contribution in [1.82, 2.24) is 9.97 Å². The van der Waals surface area contributed by atoms with Crippen LogP contribution in [0, 0.1) is 0 Å². The lowest BCUT2D eigenvalue weighted by Crippen LogP contribution is -2.19. The number of rotatable bonds is 3. The molecule has 0 saturated carbocycles. The minimum absolute atomic E-state index is 0.0779. The molecule has 0 bridgehead atoms. The molecule has 1 heterocycles. The van der Waals surface area contributed by atoms with Gasteiger partial charge in [0, 0.05) is 24.2 Å². The zero-order valence-electron chi connectivity index (χ0n) is 13.3. The van der Waals surface area contributed by atoms with Crippen molar-refractivity contribution in [2.75, 3.05) is 11.9 Å². The van der Waals surface area contributed by atoms with Gasteiger partial charge in [0.2, 0.25) is 0 Å². The predicted octanol–water partition coefficient (Wildman–Crippen LogP) is 4.87. The number of nitrogens with zero attached hydrogens (tertiary/aromatic N) is 3. The third-order valence-electron chi connectivity index (χ3n) is 3.43. The number of aromatic nitrogens is 2. The fourth-order valence-electron chi connectivity index (χ4n) is 2.00.